The number of esters is 2. The minimum absolute atomic E-state index is 0.0610. The molecule has 0 aromatic rings. The van der Waals surface area contributed by atoms with Crippen LogP contribution in [0, 0.1) is 5.92 Å². The van der Waals surface area contributed by atoms with Crippen molar-refractivity contribution in [2.75, 3.05) is 6.61 Å². The first-order valence-corrected chi connectivity index (χ1v) is 9.17. The minimum Gasteiger partial charge on any atom is -0.458 e. The summed E-state index contributed by atoms with van der Waals surface area (Å²) in [5.74, 6) is -0.260. The first-order chi connectivity index (χ1) is 11.4. The van der Waals surface area contributed by atoms with Crippen molar-refractivity contribution in [3.05, 3.63) is 12.2 Å². The van der Waals surface area contributed by atoms with Gasteiger partial charge in [-0.25, -0.2) is 9.59 Å². The van der Waals surface area contributed by atoms with Crippen LogP contribution in [0.5, 0.6) is 0 Å². The maximum absolute atomic E-state index is 12.0. The van der Waals surface area contributed by atoms with Gasteiger partial charge in [0.1, 0.15) is 17.8 Å². The fraction of sp³-hybridized carbons (Fsp3) is 0.800. The highest BCUT2D eigenvalue weighted by atomic mass is 16.6. The highest BCUT2D eigenvalue weighted by Crippen LogP contribution is 2.50. The molecule has 5 nitrogen and oxygen atoms in total. The summed E-state index contributed by atoms with van der Waals surface area (Å²) in [7, 11) is 0. The van der Waals surface area contributed by atoms with E-state index < -0.39 is 16.8 Å². The van der Waals surface area contributed by atoms with Crippen molar-refractivity contribution in [3.8, 4) is 0 Å². The second kappa shape index (κ2) is 7.10. The van der Waals surface area contributed by atoms with Crippen LogP contribution in [0.3, 0.4) is 0 Å². The molecule has 0 aromatic carbocycles. The van der Waals surface area contributed by atoms with Crippen LogP contribution in [0.25, 0.3) is 0 Å². The monoisotopic (exact) mass is 352 g/mol. The Morgan fingerprint density at radius 2 is 1.92 bits per heavy atom. The van der Waals surface area contributed by atoms with E-state index in [-0.39, 0.29) is 18.5 Å². The molecule has 2 saturated carbocycles. The van der Waals surface area contributed by atoms with E-state index in [0.717, 1.165) is 32.1 Å². The number of ether oxygens (including phenoxy) is 3. The third-order valence-corrected chi connectivity index (χ3v) is 4.93. The average Bonchev–Trinajstić information content (AvgIpc) is 2.42. The number of fused-ring (bicyclic) bond motifs is 2. The Bertz CT molecular complexity index is 547. The first kappa shape index (κ1) is 20.0. The van der Waals surface area contributed by atoms with Crippen LogP contribution < -0.4 is 0 Å². The molecule has 3 atom stereocenters. The number of hydrogen-bond acceptors (Lipinski definition) is 5. The van der Waals surface area contributed by atoms with Crippen molar-refractivity contribution >= 4 is 11.9 Å². The predicted molar refractivity (Wildman–Crippen MR) is 95.0 cm³/mol. The van der Waals surface area contributed by atoms with Crippen LogP contribution in [0.1, 0.15) is 73.1 Å². The average molecular weight is 352 g/mol. The summed E-state index contributed by atoms with van der Waals surface area (Å²) >= 11 is 0. The SMILES string of the molecule is C=C(C)C(=O)OC1(C)CC2CCCC(OCC(=O)OC(C)(C)C)(C2)C1. The molecule has 0 N–H and O–H groups in total. The number of rotatable bonds is 5. The van der Waals surface area contributed by atoms with Gasteiger partial charge >= 0.3 is 11.9 Å². The molecule has 0 saturated heterocycles. The van der Waals surface area contributed by atoms with Crippen molar-refractivity contribution in [3.63, 3.8) is 0 Å². The number of carbonyl (C=O) groups is 2. The van der Waals surface area contributed by atoms with Gasteiger partial charge in [0.15, 0.2) is 0 Å². The standard InChI is InChI=1S/C20H32O5/c1-14(2)17(22)25-19(6)10-15-8-7-9-20(11-15,13-19)23-12-16(21)24-18(3,4)5/h15H,1,7-13H2,2-6H3. The summed E-state index contributed by atoms with van der Waals surface area (Å²) < 4.78 is 17.2. The van der Waals surface area contributed by atoms with Gasteiger partial charge in [0.2, 0.25) is 0 Å². The lowest BCUT2D eigenvalue weighted by atomic mass is 9.63. The second-order valence-corrected chi connectivity index (χ2v) is 9.02. The molecule has 0 aromatic heterocycles. The lowest BCUT2D eigenvalue weighted by molar-refractivity contribution is -0.198. The van der Waals surface area contributed by atoms with Crippen LogP contribution in [0.15, 0.2) is 12.2 Å². The predicted octanol–water partition coefficient (Wildman–Crippen LogP) is 3.95. The normalized spacial score (nSPS) is 32.0. The van der Waals surface area contributed by atoms with E-state index in [1.807, 2.05) is 27.7 Å². The third kappa shape index (κ3) is 5.56. The van der Waals surface area contributed by atoms with Crippen molar-refractivity contribution in [1.29, 1.82) is 0 Å². The maximum atomic E-state index is 12.0. The fourth-order valence-corrected chi connectivity index (χ4v) is 4.30. The Balaban J connectivity index is 2.05. The number of carbonyl (C=O) groups excluding carboxylic acids is 2. The van der Waals surface area contributed by atoms with Gasteiger partial charge in [0.25, 0.3) is 0 Å². The van der Waals surface area contributed by atoms with E-state index in [9.17, 15) is 9.59 Å². The molecule has 0 spiro atoms. The molecule has 0 aliphatic heterocycles. The Labute approximate surface area is 151 Å². The summed E-state index contributed by atoms with van der Waals surface area (Å²) in [6.45, 7) is 12.8. The molecule has 0 amide bonds. The second-order valence-electron chi connectivity index (χ2n) is 9.02. The van der Waals surface area contributed by atoms with Crippen molar-refractivity contribution < 1.29 is 23.8 Å². The van der Waals surface area contributed by atoms with Gasteiger partial charge < -0.3 is 14.2 Å². The van der Waals surface area contributed by atoms with Gasteiger partial charge in [-0.3, -0.25) is 0 Å². The molecule has 0 heterocycles. The number of hydrogen-bond donors (Lipinski definition) is 0. The molecule has 5 heteroatoms. The van der Waals surface area contributed by atoms with Crippen LogP contribution in [-0.4, -0.2) is 35.3 Å². The summed E-state index contributed by atoms with van der Waals surface area (Å²) in [5, 5.41) is 0. The Kier molecular flexibility index (Phi) is 5.67. The van der Waals surface area contributed by atoms with E-state index in [1.54, 1.807) is 6.92 Å². The molecule has 2 aliphatic carbocycles. The summed E-state index contributed by atoms with van der Waals surface area (Å²) in [5.41, 5.74) is -1.11. The quantitative estimate of drug-likeness (QED) is 0.554. The molecule has 3 unspecified atom stereocenters. The van der Waals surface area contributed by atoms with Crippen molar-refractivity contribution in [1.82, 2.24) is 0 Å². The third-order valence-electron chi connectivity index (χ3n) is 4.93. The molecule has 2 aliphatic rings. The smallest absolute Gasteiger partial charge is 0.333 e. The summed E-state index contributed by atoms with van der Waals surface area (Å²) in [4.78, 5) is 24.1. The summed E-state index contributed by atoms with van der Waals surface area (Å²) in [6, 6.07) is 0. The Morgan fingerprint density at radius 1 is 1.24 bits per heavy atom. The molecule has 25 heavy (non-hydrogen) atoms. The first-order valence-electron chi connectivity index (χ1n) is 9.17. The van der Waals surface area contributed by atoms with Gasteiger partial charge in [-0.2, -0.15) is 0 Å². The molecule has 2 bridgehead atoms. The molecule has 2 fully saturated rings. The van der Waals surface area contributed by atoms with E-state index >= 15 is 0 Å². The van der Waals surface area contributed by atoms with Crippen LogP contribution >= 0.6 is 0 Å². The Morgan fingerprint density at radius 3 is 2.52 bits per heavy atom. The zero-order chi connectivity index (χ0) is 18.9. The van der Waals surface area contributed by atoms with Gasteiger partial charge in [-0.1, -0.05) is 19.4 Å². The molecule has 2 rings (SSSR count). The van der Waals surface area contributed by atoms with E-state index in [4.69, 9.17) is 14.2 Å². The van der Waals surface area contributed by atoms with Gasteiger partial charge in [0.05, 0.1) is 5.60 Å². The van der Waals surface area contributed by atoms with E-state index in [2.05, 4.69) is 6.58 Å². The lowest BCUT2D eigenvalue weighted by Gasteiger charge is -2.51. The van der Waals surface area contributed by atoms with Crippen molar-refractivity contribution in [2.45, 2.75) is 89.9 Å². The van der Waals surface area contributed by atoms with Crippen LogP contribution in [-0.2, 0) is 23.8 Å². The van der Waals surface area contributed by atoms with Gasteiger partial charge in [0, 0.05) is 12.0 Å². The highest BCUT2D eigenvalue weighted by Gasteiger charge is 2.51. The molecular weight excluding hydrogens is 320 g/mol. The van der Waals surface area contributed by atoms with E-state index in [1.165, 1.54) is 0 Å². The fourth-order valence-electron chi connectivity index (χ4n) is 4.30. The molecular formula is C20H32O5. The van der Waals surface area contributed by atoms with E-state index in [0.29, 0.717) is 17.9 Å². The largest absolute Gasteiger partial charge is 0.458 e. The van der Waals surface area contributed by atoms with Crippen LogP contribution in [0.4, 0.5) is 0 Å². The topological polar surface area (TPSA) is 61.8 Å². The minimum atomic E-state index is -0.576. The molecule has 142 valence electrons. The van der Waals surface area contributed by atoms with Gasteiger partial charge in [-0.15, -0.1) is 0 Å². The van der Waals surface area contributed by atoms with Crippen molar-refractivity contribution in [2.24, 2.45) is 5.92 Å². The zero-order valence-electron chi connectivity index (χ0n) is 16.3. The maximum Gasteiger partial charge on any atom is 0.333 e. The lowest BCUT2D eigenvalue weighted by Crippen LogP contribution is -2.53. The van der Waals surface area contributed by atoms with Crippen LogP contribution in [0.2, 0.25) is 0 Å². The Hall–Kier alpha value is -1.36. The summed E-state index contributed by atoms with van der Waals surface area (Å²) in [6.07, 6.45) is 5.42. The van der Waals surface area contributed by atoms with Gasteiger partial charge in [-0.05, 0) is 59.8 Å². The zero-order valence-corrected chi connectivity index (χ0v) is 16.3. The highest BCUT2D eigenvalue weighted by molar-refractivity contribution is 5.87. The molecule has 0 radical (unpaired) electrons.